The van der Waals surface area contributed by atoms with E-state index in [1.165, 1.54) is 0 Å². The van der Waals surface area contributed by atoms with Crippen LogP contribution in [0.4, 0.5) is 22.0 Å². The summed E-state index contributed by atoms with van der Waals surface area (Å²) in [7, 11) is 0. The van der Waals surface area contributed by atoms with Crippen LogP contribution in [-0.2, 0) is 0 Å². The lowest BCUT2D eigenvalue weighted by atomic mass is 9.59. The van der Waals surface area contributed by atoms with Crippen LogP contribution >= 0.6 is 0 Å². The zero-order chi connectivity index (χ0) is 13.8. The summed E-state index contributed by atoms with van der Waals surface area (Å²) in [4.78, 5) is 0. The molecule has 0 aliphatic heterocycles. The van der Waals surface area contributed by atoms with E-state index in [-0.39, 0.29) is 30.1 Å². The molecule has 4 bridgehead atoms. The van der Waals surface area contributed by atoms with Crippen molar-refractivity contribution < 1.29 is 22.0 Å². The lowest BCUT2D eigenvalue weighted by Crippen LogP contribution is -2.58. The van der Waals surface area contributed by atoms with Crippen molar-refractivity contribution in [2.24, 2.45) is 40.9 Å². The fourth-order valence-electron chi connectivity index (χ4n) is 6.20. The van der Waals surface area contributed by atoms with Crippen molar-refractivity contribution in [3.05, 3.63) is 0 Å². The van der Waals surface area contributed by atoms with Crippen LogP contribution in [0.25, 0.3) is 0 Å². The van der Waals surface area contributed by atoms with Gasteiger partial charge in [-0.2, -0.15) is 13.2 Å². The van der Waals surface area contributed by atoms with Crippen molar-refractivity contribution in [3.8, 4) is 0 Å². The molecule has 0 aromatic heterocycles. The fraction of sp³-hybridized carbons (Fsp3) is 1.00. The Morgan fingerprint density at radius 3 is 1.95 bits per heavy atom. The molecule has 108 valence electrons. The minimum absolute atomic E-state index is 0.0880. The van der Waals surface area contributed by atoms with Gasteiger partial charge in [-0.1, -0.05) is 0 Å². The highest BCUT2D eigenvalue weighted by Crippen LogP contribution is 2.78. The largest absolute Gasteiger partial charge is 0.400 e. The molecule has 4 rings (SSSR count). The first-order valence-corrected chi connectivity index (χ1v) is 7.14. The standard InChI is InChI=1S/C14H17F5/c1-12(14(17,18)19)8-5-9(13(12,15)16)11-7-3-2-6(4-7)10(8)11/h6-11H,2-5H2,1H3. The van der Waals surface area contributed by atoms with Crippen molar-refractivity contribution in [2.45, 2.75) is 44.7 Å². The van der Waals surface area contributed by atoms with Crippen molar-refractivity contribution in [2.75, 3.05) is 0 Å². The third-order valence-corrected chi connectivity index (χ3v) is 6.97. The number of rotatable bonds is 0. The van der Waals surface area contributed by atoms with Crippen LogP contribution in [0.2, 0.25) is 0 Å². The maximum absolute atomic E-state index is 14.4. The van der Waals surface area contributed by atoms with Crippen LogP contribution in [0, 0.1) is 40.9 Å². The number of alkyl halides is 5. The van der Waals surface area contributed by atoms with Gasteiger partial charge in [0.2, 0.25) is 0 Å². The Hall–Kier alpha value is -0.350. The highest BCUT2D eigenvalue weighted by molar-refractivity contribution is 5.22. The Kier molecular flexibility index (Phi) is 2.03. The summed E-state index contributed by atoms with van der Waals surface area (Å²) in [5, 5.41) is 0. The molecule has 7 atom stereocenters. The van der Waals surface area contributed by atoms with E-state index in [4.69, 9.17) is 0 Å². The van der Waals surface area contributed by atoms with Crippen LogP contribution in [0.15, 0.2) is 0 Å². The van der Waals surface area contributed by atoms with E-state index in [2.05, 4.69) is 0 Å². The van der Waals surface area contributed by atoms with Gasteiger partial charge in [-0.15, -0.1) is 0 Å². The first-order valence-electron chi connectivity index (χ1n) is 7.14. The SMILES string of the molecule is CC1(C(F)(F)F)C2CC(C3C4CCC(C4)C32)C1(F)F. The number of halogens is 5. The van der Waals surface area contributed by atoms with Gasteiger partial charge >= 0.3 is 6.18 Å². The van der Waals surface area contributed by atoms with E-state index in [1.54, 1.807) is 0 Å². The van der Waals surface area contributed by atoms with Crippen LogP contribution in [0.1, 0.15) is 32.6 Å². The maximum atomic E-state index is 14.4. The highest BCUT2D eigenvalue weighted by atomic mass is 19.4. The van der Waals surface area contributed by atoms with Crippen LogP contribution < -0.4 is 0 Å². The van der Waals surface area contributed by atoms with Crippen molar-refractivity contribution in [1.82, 2.24) is 0 Å². The summed E-state index contributed by atoms with van der Waals surface area (Å²) in [5.41, 5.74) is -2.80. The Balaban J connectivity index is 1.82. The molecule has 4 saturated carbocycles. The van der Waals surface area contributed by atoms with Gasteiger partial charge in [-0.25, -0.2) is 8.78 Å². The Morgan fingerprint density at radius 1 is 0.895 bits per heavy atom. The van der Waals surface area contributed by atoms with E-state index < -0.39 is 29.3 Å². The molecule has 0 aromatic carbocycles. The lowest BCUT2D eigenvalue weighted by Gasteiger charge is -2.49. The molecular formula is C14H17F5. The van der Waals surface area contributed by atoms with Crippen molar-refractivity contribution in [3.63, 3.8) is 0 Å². The van der Waals surface area contributed by atoms with Gasteiger partial charge in [0, 0.05) is 5.92 Å². The summed E-state index contributed by atoms with van der Waals surface area (Å²) < 4.78 is 68.8. The molecule has 0 spiro atoms. The predicted molar refractivity (Wildman–Crippen MR) is 58.5 cm³/mol. The molecule has 7 unspecified atom stereocenters. The number of hydrogen-bond acceptors (Lipinski definition) is 0. The van der Waals surface area contributed by atoms with Crippen LogP contribution in [0.5, 0.6) is 0 Å². The second kappa shape index (κ2) is 3.11. The average Bonchev–Trinajstić information content (AvgIpc) is 2.98. The van der Waals surface area contributed by atoms with Crippen molar-refractivity contribution in [1.29, 1.82) is 0 Å². The third-order valence-electron chi connectivity index (χ3n) is 6.97. The average molecular weight is 280 g/mol. The summed E-state index contributed by atoms with van der Waals surface area (Å²) in [6, 6.07) is 0. The van der Waals surface area contributed by atoms with Gasteiger partial charge in [0.25, 0.3) is 5.92 Å². The highest BCUT2D eigenvalue weighted by Gasteiger charge is 2.83. The monoisotopic (exact) mass is 280 g/mol. The van der Waals surface area contributed by atoms with Gasteiger partial charge in [-0.3, -0.25) is 0 Å². The lowest BCUT2D eigenvalue weighted by molar-refractivity contribution is -0.323. The summed E-state index contributed by atoms with van der Waals surface area (Å²) in [6.45, 7) is 0.778. The molecule has 0 saturated heterocycles. The van der Waals surface area contributed by atoms with E-state index in [0.717, 1.165) is 26.2 Å². The molecular weight excluding hydrogens is 263 g/mol. The van der Waals surface area contributed by atoms with E-state index in [0.29, 0.717) is 0 Å². The molecule has 0 aromatic rings. The molecule has 0 radical (unpaired) electrons. The van der Waals surface area contributed by atoms with E-state index >= 15 is 0 Å². The summed E-state index contributed by atoms with van der Waals surface area (Å²) in [5.74, 6) is -5.13. The van der Waals surface area contributed by atoms with Crippen LogP contribution in [0.3, 0.4) is 0 Å². The first-order chi connectivity index (χ1) is 8.69. The molecule has 0 nitrogen and oxygen atoms in total. The van der Waals surface area contributed by atoms with Crippen LogP contribution in [-0.4, -0.2) is 12.1 Å². The number of hydrogen-bond donors (Lipinski definition) is 0. The Bertz CT molecular complexity index is 428. The fourth-order valence-corrected chi connectivity index (χ4v) is 6.20. The molecule has 5 heteroatoms. The quantitative estimate of drug-likeness (QED) is 0.452. The zero-order valence-electron chi connectivity index (χ0n) is 10.7. The second-order valence-electron chi connectivity index (χ2n) is 7.26. The molecule has 19 heavy (non-hydrogen) atoms. The molecule has 0 heterocycles. The topological polar surface area (TPSA) is 0 Å². The van der Waals surface area contributed by atoms with Gasteiger partial charge < -0.3 is 0 Å². The van der Waals surface area contributed by atoms with Crippen molar-refractivity contribution >= 4 is 0 Å². The minimum atomic E-state index is -4.80. The van der Waals surface area contributed by atoms with E-state index in [9.17, 15) is 22.0 Å². The third kappa shape index (κ3) is 1.10. The van der Waals surface area contributed by atoms with Gasteiger partial charge in [-0.05, 0) is 62.2 Å². The molecule has 4 aliphatic carbocycles. The minimum Gasteiger partial charge on any atom is -0.206 e. The Morgan fingerprint density at radius 2 is 1.42 bits per heavy atom. The van der Waals surface area contributed by atoms with Gasteiger partial charge in [0.15, 0.2) is 0 Å². The molecule has 0 amide bonds. The smallest absolute Gasteiger partial charge is 0.206 e. The zero-order valence-corrected chi connectivity index (χ0v) is 10.7. The maximum Gasteiger partial charge on any atom is 0.400 e. The predicted octanol–water partition coefficient (Wildman–Crippen LogP) is 4.50. The number of fused-ring (bicyclic) bond motifs is 9. The van der Waals surface area contributed by atoms with E-state index in [1.807, 2.05) is 0 Å². The van der Waals surface area contributed by atoms with Gasteiger partial charge in [0.1, 0.15) is 5.41 Å². The molecule has 4 fully saturated rings. The Labute approximate surface area is 108 Å². The molecule has 4 aliphatic rings. The second-order valence-corrected chi connectivity index (χ2v) is 7.26. The first kappa shape index (κ1) is 12.4. The molecule has 0 N–H and O–H groups in total. The summed E-state index contributed by atoms with van der Waals surface area (Å²) >= 11 is 0. The summed E-state index contributed by atoms with van der Waals surface area (Å²) in [6.07, 6.45) is -1.91. The van der Waals surface area contributed by atoms with Gasteiger partial charge in [0.05, 0.1) is 0 Å². The normalized spacial score (nSPS) is 57.8.